The number of nitrogens with two attached hydrogens (primary N) is 1. The van der Waals surface area contributed by atoms with Crippen molar-refractivity contribution in [2.24, 2.45) is 29.4 Å². The molecule has 3 aliphatic rings. The second-order valence-electron chi connectivity index (χ2n) is 11.5. The molecule has 1 amide bonds. The Morgan fingerprint density at radius 2 is 1.83 bits per heavy atom. The Morgan fingerprint density at radius 1 is 1.15 bits per heavy atom. The van der Waals surface area contributed by atoms with E-state index in [2.05, 4.69) is 4.90 Å². The molecular weight excluding hydrogens is 530 g/mol. The Morgan fingerprint density at radius 3 is 2.39 bits per heavy atom. The monoisotopic (exact) mass is 565 g/mol. The number of nitrogens with zero attached hydrogens (tertiary/aromatic N) is 2. The third-order valence-corrected chi connectivity index (χ3v) is 9.26. The third-order valence-electron chi connectivity index (χ3n) is 9.26. The number of hydrogen-bond acceptors (Lipinski definition) is 10. The molecule has 6 atom stereocenters. The second kappa shape index (κ2) is 10.3. The minimum atomic E-state index is -2.75. The molecule has 1 aromatic heterocycles. The van der Waals surface area contributed by atoms with Gasteiger partial charge in [-0.2, -0.15) is 0 Å². The van der Waals surface area contributed by atoms with Gasteiger partial charge in [-0.25, -0.2) is 0 Å². The topological polar surface area (TPSA) is 171 Å². The fourth-order valence-electron chi connectivity index (χ4n) is 7.21. The van der Waals surface area contributed by atoms with Crippen LogP contribution in [0.15, 0.2) is 29.1 Å². The fraction of sp³-hybridized carbons (Fsp3) is 0.500. The molecule has 5 rings (SSSR count). The molecule has 0 spiro atoms. The van der Waals surface area contributed by atoms with Crippen molar-refractivity contribution in [2.45, 2.75) is 44.9 Å². The number of rotatable bonds is 7. The van der Waals surface area contributed by atoms with E-state index in [1.165, 1.54) is 11.2 Å². The van der Waals surface area contributed by atoms with Crippen molar-refractivity contribution >= 4 is 29.0 Å². The standard InChI is InChI=1S/C30H35N3O8/c1-5-33(6-2)12-16-10-17(14-7-8-41-13-14)18-9-15-11-19-23(32(3)4)26(36)22(29(31)39)28(38)30(19,40)27(37)20(15)25(35)21(18)24(16)34/h7-8,10,13,15,19-20,22-23,34,40H,5-6,9,11-12H2,1-4H3,(H2,31,39)/t15-,19-,20?,22?,23?,30-/m1/s1. The number of ketones is 4. The van der Waals surface area contributed by atoms with Crippen molar-refractivity contribution in [3.63, 3.8) is 0 Å². The molecule has 0 saturated heterocycles. The molecule has 0 aliphatic heterocycles. The van der Waals surface area contributed by atoms with E-state index in [9.17, 15) is 34.2 Å². The van der Waals surface area contributed by atoms with Crippen LogP contribution in [0.4, 0.5) is 0 Å². The van der Waals surface area contributed by atoms with Gasteiger partial charge in [-0.3, -0.25) is 33.8 Å². The first-order valence-electron chi connectivity index (χ1n) is 13.9. The van der Waals surface area contributed by atoms with E-state index in [-0.39, 0.29) is 24.2 Å². The lowest BCUT2D eigenvalue weighted by Gasteiger charge is -2.52. The van der Waals surface area contributed by atoms with E-state index in [1.807, 2.05) is 19.9 Å². The summed E-state index contributed by atoms with van der Waals surface area (Å²) >= 11 is 0. The number of phenols is 1. The highest BCUT2D eigenvalue weighted by Crippen LogP contribution is 2.52. The first-order valence-corrected chi connectivity index (χ1v) is 13.9. The van der Waals surface area contributed by atoms with E-state index in [0.29, 0.717) is 41.9 Å². The van der Waals surface area contributed by atoms with Crippen LogP contribution in [0.2, 0.25) is 0 Å². The summed E-state index contributed by atoms with van der Waals surface area (Å²) in [5.41, 5.74) is 5.04. The van der Waals surface area contributed by atoms with Crippen molar-refractivity contribution in [2.75, 3.05) is 27.2 Å². The number of hydrogen-bond donors (Lipinski definition) is 3. The minimum absolute atomic E-state index is 0.00329. The maximum atomic E-state index is 14.2. The van der Waals surface area contributed by atoms with Gasteiger partial charge in [0.25, 0.3) is 0 Å². The van der Waals surface area contributed by atoms with Gasteiger partial charge >= 0.3 is 0 Å². The highest BCUT2D eigenvalue weighted by Gasteiger charge is 2.69. The molecule has 3 aliphatic carbocycles. The highest BCUT2D eigenvalue weighted by atomic mass is 16.3. The van der Waals surface area contributed by atoms with Gasteiger partial charge in [0, 0.05) is 23.6 Å². The average Bonchev–Trinajstić information content (AvgIpc) is 3.45. The molecule has 2 fully saturated rings. The Balaban J connectivity index is 1.68. The molecule has 0 radical (unpaired) electrons. The summed E-state index contributed by atoms with van der Waals surface area (Å²) in [6.07, 6.45) is 3.23. The van der Waals surface area contributed by atoms with Crippen LogP contribution >= 0.6 is 0 Å². The van der Waals surface area contributed by atoms with Gasteiger partial charge in [-0.15, -0.1) is 0 Å². The highest BCUT2D eigenvalue weighted by molar-refractivity contribution is 6.32. The number of likely N-dealkylation sites (N-methyl/N-ethyl adjacent to an activating group) is 1. The number of Topliss-reactive ketones (excluding diaryl/α,β-unsaturated/α-hetero) is 4. The predicted octanol–water partition coefficient (Wildman–Crippen LogP) is 0.969. The van der Waals surface area contributed by atoms with E-state index < -0.39 is 64.4 Å². The molecule has 3 unspecified atom stereocenters. The first kappa shape index (κ1) is 28.8. The van der Waals surface area contributed by atoms with Crippen LogP contribution in [0.5, 0.6) is 5.75 Å². The molecule has 1 aromatic carbocycles. The lowest BCUT2D eigenvalue weighted by Crippen LogP contribution is -2.74. The summed E-state index contributed by atoms with van der Waals surface area (Å²) in [4.78, 5) is 70.7. The lowest BCUT2D eigenvalue weighted by molar-refractivity contribution is -0.181. The van der Waals surface area contributed by atoms with Crippen LogP contribution in [0, 0.1) is 23.7 Å². The minimum Gasteiger partial charge on any atom is -0.507 e. The number of furan rings is 1. The van der Waals surface area contributed by atoms with Gasteiger partial charge in [-0.1, -0.05) is 13.8 Å². The van der Waals surface area contributed by atoms with E-state index in [1.54, 1.807) is 26.4 Å². The van der Waals surface area contributed by atoms with Gasteiger partial charge in [-0.05, 0) is 69.2 Å². The Labute approximate surface area is 237 Å². The first-order chi connectivity index (χ1) is 19.4. The lowest BCUT2D eigenvalue weighted by atomic mass is 9.52. The van der Waals surface area contributed by atoms with Crippen LogP contribution in [0.3, 0.4) is 0 Å². The SMILES string of the molecule is CCN(CC)Cc1cc(-c2ccoc2)c2c(c1O)C(=O)C1C(=O)[C@@]3(O)C(=O)C(C(N)=O)C(=O)C(N(C)C)[C@H]3C[C@H]1C2. The third kappa shape index (κ3) is 4.17. The Bertz CT molecular complexity index is 1440. The second-order valence-corrected chi connectivity index (χ2v) is 11.5. The van der Waals surface area contributed by atoms with Crippen LogP contribution in [-0.2, 0) is 32.1 Å². The number of carbonyl (C=O) groups excluding carboxylic acids is 5. The molecule has 1 heterocycles. The van der Waals surface area contributed by atoms with Crippen LogP contribution < -0.4 is 5.73 Å². The molecule has 41 heavy (non-hydrogen) atoms. The summed E-state index contributed by atoms with van der Waals surface area (Å²) < 4.78 is 5.32. The Hall–Kier alpha value is -3.67. The van der Waals surface area contributed by atoms with Gasteiger partial charge in [0.15, 0.2) is 34.7 Å². The van der Waals surface area contributed by atoms with Gasteiger partial charge < -0.3 is 20.4 Å². The predicted molar refractivity (Wildman–Crippen MR) is 146 cm³/mol. The Kier molecular flexibility index (Phi) is 7.25. The van der Waals surface area contributed by atoms with E-state index in [0.717, 1.165) is 0 Å². The van der Waals surface area contributed by atoms with E-state index in [4.69, 9.17) is 10.2 Å². The van der Waals surface area contributed by atoms with Gasteiger partial charge in [0.05, 0.1) is 30.0 Å². The fourth-order valence-corrected chi connectivity index (χ4v) is 7.21. The number of primary amides is 1. The zero-order valence-electron chi connectivity index (χ0n) is 23.5. The molecule has 218 valence electrons. The van der Waals surface area contributed by atoms with Crippen LogP contribution in [-0.4, -0.2) is 87.9 Å². The molecular formula is C30H35N3O8. The molecule has 11 heteroatoms. The normalized spacial score (nSPS) is 29.5. The number of benzene rings is 1. The van der Waals surface area contributed by atoms with Crippen molar-refractivity contribution in [1.29, 1.82) is 0 Å². The molecule has 0 bridgehead atoms. The number of phenolic OH excluding ortho intramolecular Hbond substituents is 1. The number of carbonyl (C=O) groups is 5. The van der Waals surface area contributed by atoms with Crippen LogP contribution in [0.1, 0.15) is 41.8 Å². The van der Waals surface area contributed by atoms with Gasteiger partial charge in [0.2, 0.25) is 5.91 Å². The number of fused-ring (bicyclic) bond motifs is 3. The van der Waals surface area contributed by atoms with Crippen molar-refractivity contribution < 1.29 is 38.6 Å². The maximum Gasteiger partial charge on any atom is 0.235 e. The van der Waals surface area contributed by atoms with Crippen molar-refractivity contribution in [1.82, 2.24) is 9.80 Å². The zero-order valence-corrected chi connectivity index (χ0v) is 23.5. The molecule has 2 saturated carbocycles. The molecule has 11 nitrogen and oxygen atoms in total. The summed E-state index contributed by atoms with van der Waals surface area (Å²) in [5.74, 6) is -10.6. The summed E-state index contributed by atoms with van der Waals surface area (Å²) in [6, 6.07) is 2.44. The summed E-state index contributed by atoms with van der Waals surface area (Å²) in [7, 11) is 3.11. The average molecular weight is 566 g/mol. The summed E-state index contributed by atoms with van der Waals surface area (Å²) in [6.45, 7) is 5.72. The largest absolute Gasteiger partial charge is 0.507 e. The molecule has 2 aromatic rings. The number of aliphatic hydroxyl groups is 1. The van der Waals surface area contributed by atoms with Crippen molar-refractivity contribution in [3.05, 3.63) is 41.3 Å². The summed E-state index contributed by atoms with van der Waals surface area (Å²) in [5, 5.41) is 23.2. The smallest absolute Gasteiger partial charge is 0.235 e. The zero-order chi connectivity index (χ0) is 30.0. The van der Waals surface area contributed by atoms with Crippen LogP contribution in [0.25, 0.3) is 11.1 Å². The maximum absolute atomic E-state index is 14.2. The number of aromatic hydroxyl groups is 1. The quantitative estimate of drug-likeness (QED) is 0.411. The molecule has 4 N–H and O–H groups in total. The van der Waals surface area contributed by atoms with Crippen molar-refractivity contribution in [3.8, 4) is 16.9 Å². The number of amides is 1. The van der Waals surface area contributed by atoms with E-state index >= 15 is 0 Å². The van der Waals surface area contributed by atoms with Gasteiger partial charge in [0.1, 0.15) is 5.75 Å².